The summed E-state index contributed by atoms with van der Waals surface area (Å²) in [7, 11) is 3.96. The van der Waals surface area contributed by atoms with E-state index in [2.05, 4.69) is 23.5 Å². The van der Waals surface area contributed by atoms with E-state index in [0.29, 0.717) is 23.6 Å². The van der Waals surface area contributed by atoms with Crippen molar-refractivity contribution >= 4 is 38.9 Å². The summed E-state index contributed by atoms with van der Waals surface area (Å²) in [6, 6.07) is 20.7. The summed E-state index contributed by atoms with van der Waals surface area (Å²) >= 11 is 7.70. The Morgan fingerprint density at radius 3 is 2.66 bits per heavy atom. The van der Waals surface area contributed by atoms with Gasteiger partial charge in [0.15, 0.2) is 0 Å². The Morgan fingerprint density at radius 2 is 1.88 bits per heavy atom. The quantitative estimate of drug-likeness (QED) is 0.349. The number of carbonyl (C=O) groups is 1. The van der Waals surface area contributed by atoms with Gasteiger partial charge in [-0.15, -0.1) is 11.3 Å². The summed E-state index contributed by atoms with van der Waals surface area (Å²) < 4.78 is 14.9. The molecule has 164 valence electrons. The van der Waals surface area contributed by atoms with E-state index in [4.69, 9.17) is 11.6 Å². The summed E-state index contributed by atoms with van der Waals surface area (Å²) in [4.78, 5) is 15.7. The summed E-state index contributed by atoms with van der Waals surface area (Å²) in [6.45, 7) is 1.39. The van der Waals surface area contributed by atoms with Crippen LogP contribution in [0.1, 0.15) is 20.8 Å². The van der Waals surface area contributed by atoms with Gasteiger partial charge in [0.1, 0.15) is 5.82 Å². The molecule has 0 saturated carbocycles. The number of amides is 1. The van der Waals surface area contributed by atoms with Crippen molar-refractivity contribution in [1.29, 1.82) is 0 Å². The van der Waals surface area contributed by atoms with Gasteiger partial charge in [-0.05, 0) is 72.6 Å². The third-order valence-electron chi connectivity index (χ3n) is 5.18. The minimum atomic E-state index is -0.324. The lowest BCUT2D eigenvalue weighted by atomic mass is 10.0. The first-order chi connectivity index (χ1) is 15.4. The van der Waals surface area contributed by atoms with E-state index in [1.165, 1.54) is 12.1 Å². The predicted molar refractivity (Wildman–Crippen MR) is 132 cm³/mol. The molecule has 1 amide bonds. The van der Waals surface area contributed by atoms with E-state index in [1.54, 1.807) is 17.4 Å². The first kappa shape index (κ1) is 22.5. The van der Waals surface area contributed by atoms with E-state index in [9.17, 15) is 9.18 Å². The maximum atomic E-state index is 13.7. The minimum absolute atomic E-state index is 0.0734. The molecule has 4 rings (SSSR count). The largest absolute Gasteiger partial charge is 0.351 e. The fourth-order valence-corrected chi connectivity index (χ4v) is 5.14. The maximum absolute atomic E-state index is 13.7. The highest BCUT2D eigenvalue weighted by atomic mass is 35.5. The van der Waals surface area contributed by atoms with Gasteiger partial charge in [0.05, 0.1) is 0 Å². The van der Waals surface area contributed by atoms with Crippen molar-refractivity contribution in [3.05, 3.63) is 93.6 Å². The zero-order valence-electron chi connectivity index (χ0n) is 18.0. The second-order valence-electron chi connectivity index (χ2n) is 8.03. The molecule has 3 nitrogen and oxygen atoms in total. The Bertz CT molecular complexity index is 1250. The van der Waals surface area contributed by atoms with E-state index >= 15 is 0 Å². The normalized spacial score (nSPS) is 11.3. The fraction of sp³-hybridized carbons (Fsp3) is 0.192. The molecule has 0 radical (unpaired) electrons. The molecule has 0 aliphatic heterocycles. The number of likely N-dealkylation sites (N-methyl/N-ethyl adjacent to an activating group) is 1. The Morgan fingerprint density at radius 1 is 1.06 bits per heavy atom. The van der Waals surface area contributed by atoms with Crippen LogP contribution in [-0.4, -0.2) is 38.0 Å². The number of thiophene rings is 1. The summed E-state index contributed by atoms with van der Waals surface area (Å²) in [5.41, 5.74) is 3.57. The summed E-state index contributed by atoms with van der Waals surface area (Å²) in [5, 5.41) is 4.50. The van der Waals surface area contributed by atoms with Crippen LogP contribution < -0.4 is 5.32 Å². The molecule has 6 heteroatoms. The molecule has 1 aromatic heterocycles. The number of nitrogens with one attached hydrogen (secondary N) is 1. The zero-order valence-corrected chi connectivity index (χ0v) is 19.6. The van der Waals surface area contributed by atoms with Gasteiger partial charge < -0.3 is 10.2 Å². The zero-order chi connectivity index (χ0) is 22.7. The predicted octanol–water partition coefficient (Wildman–Crippen LogP) is 6.24. The fourth-order valence-electron chi connectivity index (χ4n) is 3.67. The van der Waals surface area contributed by atoms with Crippen molar-refractivity contribution < 1.29 is 9.18 Å². The van der Waals surface area contributed by atoms with Crippen LogP contribution in [0.3, 0.4) is 0 Å². The highest BCUT2D eigenvalue weighted by Crippen LogP contribution is 2.36. The molecule has 0 saturated heterocycles. The summed E-state index contributed by atoms with van der Waals surface area (Å²) in [6.07, 6.45) is 0.616. The first-order valence-electron chi connectivity index (χ1n) is 10.4. The van der Waals surface area contributed by atoms with Crippen molar-refractivity contribution in [2.75, 3.05) is 27.2 Å². The molecule has 0 aliphatic rings. The van der Waals surface area contributed by atoms with Crippen LogP contribution in [0.2, 0.25) is 5.02 Å². The van der Waals surface area contributed by atoms with Crippen molar-refractivity contribution in [2.24, 2.45) is 0 Å². The van der Waals surface area contributed by atoms with Gasteiger partial charge in [-0.1, -0.05) is 41.9 Å². The molecule has 32 heavy (non-hydrogen) atoms. The van der Waals surface area contributed by atoms with E-state index in [1.807, 2.05) is 49.3 Å². The van der Waals surface area contributed by atoms with Crippen LogP contribution in [0.5, 0.6) is 0 Å². The van der Waals surface area contributed by atoms with Gasteiger partial charge in [-0.25, -0.2) is 4.39 Å². The minimum Gasteiger partial charge on any atom is -0.351 e. The molecule has 0 aliphatic carbocycles. The number of hydrogen-bond acceptors (Lipinski definition) is 3. The second kappa shape index (κ2) is 9.82. The van der Waals surface area contributed by atoms with Crippen LogP contribution in [0, 0.1) is 5.82 Å². The second-order valence-corrected chi connectivity index (χ2v) is 9.60. The molecule has 0 atom stereocenters. The van der Waals surface area contributed by atoms with Crippen molar-refractivity contribution in [3.8, 4) is 11.1 Å². The lowest BCUT2D eigenvalue weighted by Crippen LogP contribution is -2.31. The SMILES string of the molecule is CN(C)CCNC(=O)c1cccc(-c2cccc3cc(Cc4cc(F)cc(Cl)c4)sc23)c1. The topological polar surface area (TPSA) is 32.3 Å². The number of halogens is 2. The van der Waals surface area contributed by atoms with Gasteiger partial charge in [0, 0.05) is 39.7 Å². The van der Waals surface area contributed by atoms with Crippen LogP contribution >= 0.6 is 22.9 Å². The molecule has 0 spiro atoms. The first-order valence-corrected chi connectivity index (χ1v) is 11.6. The van der Waals surface area contributed by atoms with E-state index in [0.717, 1.165) is 38.2 Å². The third-order valence-corrected chi connectivity index (χ3v) is 6.58. The maximum Gasteiger partial charge on any atom is 0.251 e. The Labute approximate surface area is 196 Å². The average Bonchev–Trinajstić information content (AvgIpc) is 3.15. The number of fused-ring (bicyclic) bond motifs is 1. The molecule has 1 heterocycles. The van der Waals surface area contributed by atoms with Gasteiger partial charge in [-0.2, -0.15) is 0 Å². The molecular formula is C26H24ClFN2OS. The Kier molecular flexibility index (Phi) is 6.89. The molecule has 4 aromatic rings. The van der Waals surface area contributed by atoms with Gasteiger partial charge in [0.25, 0.3) is 5.91 Å². The number of benzene rings is 3. The molecule has 0 unspecified atom stereocenters. The molecule has 3 aromatic carbocycles. The van der Waals surface area contributed by atoms with Crippen LogP contribution in [-0.2, 0) is 6.42 Å². The van der Waals surface area contributed by atoms with E-state index in [-0.39, 0.29) is 11.7 Å². The highest BCUT2D eigenvalue weighted by Gasteiger charge is 2.12. The average molecular weight is 467 g/mol. The molecule has 0 fully saturated rings. The van der Waals surface area contributed by atoms with Crippen LogP contribution in [0.25, 0.3) is 21.2 Å². The number of rotatable bonds is 7. The van der Waals surface area contributed by atoms with Gasteiger partial charge in [-0.3, -0.25) is 4.79 Å². The Balaban J connectivity index is 1.61. The summed E-state index contributed by atoms with van der Waals surface area (Å²) in [5.74, 6) is -0.398. The van der Waals surface area contributed by atoms with E-state index < -0.39 is 0 Å². The monoisotopic (exact) mass is 466 g/mol. The standard InChI is InChI=1S/C26H24ClFN2OS/c1-30(2)10-9-29-26(31)20-7-3-5-18(14-20)24-8-4-6-19-15-23(32-25(19)24)13-17-11-21(27)16-22(28)12-17/h3-8,11-12,14-16H,9-10,13H2,1-2H3,(H,29,31). The molecule has 1 N–H and O–H groups in total. The van der Waals surface area contributed by atoms with Crippen LogP contribution in [0.4, 0.5) is 4.39 Å². The van der Waals surface area contributed by atoms with Crippen molar-refractivity contribution in [3.63, 3.8) is 0 Å². The molecular weight excluding hydrogens is 443 g/mol. The number of hydrogen-bond donors (Lipinski definition) is 1. The Hall–Kier alpha value is -2.73. The lowest BCUT2D eigenvalue weighted by molar-refractivity contribution is 0.0951. The lowest BCUT2D eigenvalue weighted by Gasteiger charge is -2.11. The van der Waals surface area contributed by atoms with Crippen molar-refractivity contribution in [1.82, 2.24) is 10.2 Å². The third kappa shape index (κ3) is 5.36. The number of carbonyl (C=O) groups excluding carboxylic acids is 1. The van der Waals surface area contributed by atoms with Crippen LogP contribution in [0.15, 0.2) is 66.7 Å². The molecule has 0 bridgehead atoms. The van der Waals surface area contributed by atoms with Crippen molar-refractivity contribution in [2.45, 2.75) is 6.42 Å². The van der Waals surface area contributed by atoms with Gasteiger partial charge in [0.2, 0.25) is 0 Å². The van der Waals surface area contributed by atoms with Gasteiger partial charge >= 0.3 is 0 Å². The number of nitrogens with zero attached hydrogens (tertiary/aromatic N) is 1. The highest BCUT2D eigenvalue weighted by molar-refractivity contribution is 7.19. The smallest absolute Gasteiger partial charge is 0.251 e.